The zero-order valence-electron chi connectivity index (χ0n) is 13.4. The molecule has 1 heterocycles. The molecular formula is C16H19ClN2O4S. The first kappa shape index (κ1) is 18.6. The minimum Gasteiger partial charge on any atom is -0.464 e. The molecule has 6 nitrogen and oxygen atoms in total. The van der Waals surface area contributed by atoms with Crippen LogP contribution in [0.5, 0.6) is 0 Å². The van der Waals surface area contributed by atoms with Crippen LogP contribution in [-0.4, -0.2) is 41.4 Å². The number of hydrogen-bond donors (Lipinski definition) is 2. The van der Waals surface area contributed by atoms with E-state index in [2.05, 4.69) is 10.6 Å². The van der Waals surface area contributed by atoms with E-state index in [-0.39, 0.29) is 24.8 Å². The summed E-state index contributed by atoms with van der Waals surface area (Å²) in [6, 6.07) is 4.57. The fourth-order valence-electron chi connectivity index (χ4n) is 2.17. The molecule has 2 atom stereocenters. The van der Waals surface area contributed by atoms with Crippen molar-refractivity contribution in [3.63, 3.8) is 0 Å². The third-order valence-electron chi connectivity index (χ3n) is 3.47. The van der Waals surface area contributed by atoms with Gasteiger partial charge < -0.3 is 15.4 Å². The van der Waals surface area contributed by atoms with Gasteiger partial charge in [0.15, 0.2) is 0 Å². The summed E-state index contributed by atoms with van der Waals surface area (Å²) in [5.74, 6) is -0.673. The van der Waals surface area contributed by atoms with Crippen LogP contribution >= 0.6 is 23.4 Å². The second kappa shape index (κ2) is 8.39. The molecule has 1 aromatic carbocycles. The Morgan fingerprint density at radius 3 is 2.83 bits per heavy atom. The van der Waals surface area contributed by atoms with Crippen molar-refractivity contribution >= 4 is 46.8 Å². The molecular weight excluding hydrogens is 352 g/mol. The number of halogens is 1. The highest BCUT2D eigenvalue weighted by atomic mass is 35.5. The molecule has 1 aromatic rings. The number of carbonyl (C=O) groups excluding carboxylic acids is 3. The van der Waals surface area contributed by atoms with Gasteiger partial charge in [-0.25, -0.2) is 4.79 Å². The second-order valence-corrected chi connectivity index (χ2v) is 6.99. The second-order valence-electron chi connectivity index (χ2n) is 5.35. The van der Waals surface area contributed by atoms with Gasteiger partial charge in [0.1, 0.15) is 6.04 Å². The number of amides is 2. The fraction of sp³-hybridized carbons (Fsp3) is 0.438. The summed E-state index contributed by atoms with van der Waals surface area (Å²) in [6.07, 6.45) is 0.0253. The van der Waals surface area contributed by atoms with Crippen LogP contribution in [0.1, 0.15) is 18.9 Å². The van der Waals surface area contributed by atoms with Gasteiger partial charge in [-0.05, 0) is 31.5 Å². The van der Waals surface area contributed by atoms with Crippen LogP contribution in [0.4, 0.5) is 5.69 Å². The lowest BCUT2D eigenvalue weighted by Gasteiger charge is -2.27. The molecule has 2 amide bonds. The zero-order chi connectivity index (χ0) is 17.7. The lowest BCUT2D eigenvalue weighted by atomic mass is 10.2. The molecule has 2 N–H and O–H groups in total. The summed E-state index contributed by atoms with van der Waals surface area (Å²) in [5.41, 5.74) is 1.50. The van der Waals surface area contributed by atoms with Gasteiger partial charge in [-0.1, -0.05) is 17.7 Å². The average molecular weight is 371 g/mol. The number of thioether (sulfide) groups is 1. The van der Waals surface area contributed by atoms with E-state index in [1.54, 1.807) is 19.1 Å². The largest absolute Gasteiger partial charge is 0.464 e. The number of aryl methyl sites for hydroxylation is 1. The Morgan fingerprint density at radius 1 is 1.46 bits per heavy atom. The van der Waals surface area contributed by atoms with Gasteiger partial charge in [0.2, 0.25) is 11.8 Å². The molecule has 0 radical (unpaired) electrons. The number of nitrogens with one attached hydrogen (secondary N) is 2. The van der Waals surface area contributed by atoms with Crippen molar-refractivity contribution < 1.29 is 19.1 Å². The summed E-state index contributed by atoms with van der Waals surface area (Å²) < 4.78 is 4.89. The van der Waals surface area contributed by atoms with Crippen molar-refractivity contribution in [1.82, 2.24) is 5.32 Å². The summed E-state index contributed by atoms with van der Waals surface area (Å²) >= 11 is 7.30. The van der Waals surface area contributed by atoms with Gasteiger partial charge in [0.25, 0.3) is 0 Å². The Labute approximate surface area is 149 Å². The number of anilines is 1. The third kappa shape index (κ3) is 4.88. The number of carbonyl (C=O) groups is 3. The lowest BCUT2D eigenvalue weighted by molar-refractivity contribution is -0.146. The average Bonchev–Trinajstić information content (AvgIpc) is 2.53. The highest BCUT2D eigenvalue weighted by Gasteiger charge is 2.34. The van der Waals surface area contributed by atoms with Crippen molar-refractivity contribution in [3.05, 3.63) is 28.8 Å². The summed E-state index contributed by atoms with van der Waals surface area (Å²) in [7, 11) is 0. The van der Waals surface area contributed by atoms with Gasteiger partial charge >= 0.3 is 5.97 Å². The molecule has 0 saturated carbocycles. The molecule has 0 aliphatic carbocycles. The van der Waals surface area contributed by atoms with Crippen LogP contribution < -0.4 is 10.6 Å². The topological polar surface area (TPSA) is 84.5 Å². The maximum atomic E-state index is 12.1. The van der Waals surface area contributed by atoms with Crippen molar-refractivity contribution in [3.8, 4) is 0 Å². The molecule has 0 unspecified atom stereocenters. The monoisotopic (exact) mass is 370 g/mol. The van der Waals surface area contributed by atoms with E-state index in [0.717, 1.165) is 5.56 Å². The number of benzene rings is 1. The van der Waals surface area contributed by atoms with Gasteiger partial charge in [0.05, 0.1) is 11.9 Å². The SMILES string of the molecule is CCOC(=O)[C@@H]1CS[C@@H](CC(=O)Nc2ccc(C)c(Cl)c2)C(=O)N1. The van der Waals surface area contributed by atoms with Crippen LogP contribution in [0.3, 0.4) is 0 Å². The van der Waals surface area contributed by atoms with Gasteiger partial charge in [-0.3, -0.25) is 9.59 Å². The Morgan fingerprint density at radius 2 is 2.21 bits per heavy atom. The van der Waals surface area contributed by atoms with Crippen LogP contribution in [0.25, 0.3) is 0 Å². The van der Waals surface area contributed by atoms with Crippen molar-refractivity contribution in [2.75, 3.05) is 17.7 Å². The van der Waals surface area contributed by atoms with Crippen molar-refractivity contribution in [1.29, 1.82) is 0 Å². The molecule has 1 aliphatic heterocycles. The first-order valence-electron chi connectivity index (χ1n) is 7.55. The maximum Gasteiger partial charge on any atom is 0.329 e. The van der Waals surface area contributed by atoms with Crippen molar-refractivity contribution in [2.24, 2.45) is 0 Å². The van der Waals surface area contributed by atoms with Crippen molar-refractivity contribution in [2.45, 2.75) is 31.6 Å². The van der Waals surface area contributed by atoms with Crippen LogP contribution in [-0.2, 0) is 19.1 Å². The quantitative estimate of drug-likeness (QED) is 0.776. The summed E-state index contributed by atoms with van der Waals surface area (Å²) in [6.45, 7) is 3.85. The molecule has 130 valence electrons. The van der Waals surface area contributed by atoms with Crippen LogP contribution in [0.2, 0.25) is 5.02 Å². The molecule has 0 aromatic heterocycles. The van der Waals surface area contributed by atoms with Gasteiger partial charge in [-0.2, -0.15) is 0 Å². The van der Waals surface area contributed by atoms with E-state index in [1.807, 2.05) is 13.0 Å². The van der Waals surface area contributed by atoms with E-state index in [1.165, 1.54) is 11.8 Å². The normalized spacial score (nSPS) is 20.2. The highest BCUT2D eigenvalue weighted by molar-refractivity contribution is 8.00. The Bertz CT molecular complexity index is 653. The first-order valence-corrected chi connectivity index (χ1v) is 8.98. The zero-order valence-corrected chi connectivity index (χ0v) is 15.0. The molecule has 8 heteroatoms. The Hall–Kier alpha value is -1.73. The molecule has 1 aliphatic rings. The molecule has 24 heavy (non-hydrogen) atoms. The Balaban J connectivity index is 1.87. The van der Waals surface area contributed by atoms with E-state index < -0.39 is 17.3 Å². The number of ether oxygens (including phenoxy) is 1. The lowest BCUT2D eigenvalue weighted by Crippen LogP contribution is -2.51. The van der Waals surface area contributed by atoms with Gasteiger partial charge in [-0.15, -0.1) is 11.8 Å². The minimum absolute atomic E-state index is 0.0253. The molecule has 0 bridgehead atoms. The fourth-order valence-corrected chi connectivity index (χ4v) is 3.48. The van der Waals surface area contributed by atoms with Crippen LogP contribution in [0.15, 0.2) is 18.2 Å². The molecule has 1 fully saturated rings. The molecule has 2 rings (SSSR count). The number of hydrogen-bond acceptors (Lipinski definition) is 5. The minimum atomic E-state index is -0.655. The van der Waals surface area contributed by atoms with E-state index in [9.17, 15) is 14.4 Å². The molecule has 0 spiro atoms. The number of rotatable bonds is 5. The van der Waals surface area contributed by atoms with Crippen LogP contribution in [0, 0.1) is 6.92 Å². The predicted molar refractivity (Wildman–Crippen MR) is 94.2 cm³/mol. The standard InChI is InChI=1S/C16H19ClN2O4S/c1-3-23-16(22)12-8-24-13(15(21)19-12)7-14(20)18-10-5-4-9(2)11(17)6-10/h4-6,12-13H,3,7-8H2,1-2H3,(H,18,20)(H,19,21)/t12-,13-/m0/s1. The molecule has 1 saturated heterocycles. The third-order valence-corrected chi connectivity index (χ3v) is 5.19. The van der Waals surface area contributed by atoms with E-state index >= 15 is 0 Å². The highest BCUT2D eigenvalue weighted by Crippen LogP contribution is 2.23. The summed E-state index contributed by atoms with van der Waals surface area (Å²) in [5, 5.41) is 5.36. The van der Waals surface area contributed by atoms with E-state index in [0.29, 0.717) is 16.5 Å². The maximum absolute atomic E-state index is 12.1. The van der Waals surface area contributed by atoms with Gasteiger partial charge in [0, 0.05) is 22.9 Å². The van der Waals surface area contributed by atoms with E-state index in [4.69, 9.17) is 16.3 Å². The predicted octanol–water partition coefficient (Wildman–Crippen LogP) is 2.14. The number of esters is 1. The Kier molecular flexibility index (Phi) is 6.51. The smallest absolute Gasteiger partial charge is 0.329 e. The summed E-state index contributed by atoms with van der Waals surface area (Å²) in [4.78, 5) is 35.8. The first-order chi connectivity index (χ1) is 11.4.